The fraction of sp³-hybridized carbons (Fsp3) is 0.444. The molecule has 2 aromatic rings. The lowest BCUT2D eigenvalue weighted by Crippen LogP contribution is -1.88. The van der Waals surface area contributed by atoms with Crippen LogP contribution in [-0.2, 0) is 6.42 Å². The molecule has 0 saturated heterocycles. The molecule has 0 bridgehead atoms. The van der Waals surface area contributed by atoms with Gasteiger partial charge in [0.05, 0.1) is 0 Å². The second-order valence-electron chi connectivity index (χ2n) is 5.20. The van der Waals surface area contributed by atoms with Gasteiger partial charge in [0.1, 0.15) is 0 Å². The normalized spacial score (nSPS) is 11.0. The molecule has 102 valence electrons. The van der Waals surface area contributed by atoms with Gasteiger partial charge in [0, 0.05) is 5.33 Å². The summed E-state index contributed by atoms with van der Waals surface area (Å²) in [6.45, 7) is 0. The Kier molecular flexibility index (Phi) is 6.43. The quantitative estimate of drug-likeness (QED) is 0.406. The molecule has 0 atom stereocenters. The Labute approximate surface area is 125 Å². The van der Waals surface area contributed by atoms with Gasteiger partial charge in [-0.25, -0.2) is 0 Å². The number of unbranched alkanes of at least 4 members (excludes halogenated alkanes) is 5. The number of benzene rings is 2. The topological polar surface area (TPSA) is 0 Å². The van der Waals surface area contributed by atoms with Gasteiger partial charge < -0.3 is 0 Å². The highest BCUT2D eigenvalue weighted by Gasteiger charge is 2.00. The molecule has 0 saturated carbocycles. The van der Waals surface area contributed by atoms with Gasteiger partial charge in [-0.1, -0.05) is 84.1 Å². The smallest absolute Gasteiger partial charge is 0.00313 e. The van der Waals surface area contributed by atoms with Crippen LogP contribution in [0.2, 0.25) is 0 Å². The average Bonchev–Trinajstić information content (AvgIpc) is 2.46. The first-order chi connectivity index (χ1) is 9.42. The van der Waals surface area contributed by atoms with Crippen molar-refractivity contribution in [2.45, 2.75) is 44.9 Å². The Morgan fingerprint density at radius 3 is 2.21 bits per heavy atom. The lowest BCUT2D eigenvalue weighted by molar-refractivity contribution is 0.610. The summed E-state index contributed by atoms with van der Waals surface area (Å²) in [6.07, 6.45) is 9.38. The highest BCUT2D eigenvalue weighted by molar-refractivity contribution is 9.09. The van der Waals surface area contributed by atoms with Gasteiger partial charge in [-0.05, 0) is 35.6 Å². The van der Waals surface area contributed by atoms with E-state index in [0.717, 1.165) is 5.33 Å². The lowest BCUT2D eigenvalue weighted by atomic mass is 9.99. The van der Waals surface area contributed by atoms with Crippen molar-refractivity contribution >= 4 is 26.7 Å². The number of alkyl halides is 1. The van der Waals surface area contributed by atoms with E-state index in [1.807, 2.05) is 0 Å². The van der Waals surface area contributed by atoms with Crippen LogP contribution in [0, 0.1) is 0 Å². The molecule has 0 N–H and O–H groups in total. The van der Waals surface area contributed by atoms with Crippen molar-refractivity contribution in [2.75, 3.05) is 5.33 Å². The molecule has 0 spiro atoms. The maximum Gasteiger partial charge on any atom is 0.00313 e. The van der Waals surface area contributed by atoms with E-state index < -0.39 is 0 Å². The largest absolute Gasteiger partial charge is 0.0928 e. The maximum atomic E-state index is 3.49. The zero-order valence-corrected chi connectivity index (χ0v) is 13.2. The SMILES string of the molecule is BrCCCCCCCCc1cccc2ccccc12. The molecule has 2 rings (SSSR count). The monoisotopic (exact) mass is 318 g/mol. The number of rotatable bonds is 8. The van der Waals surface area contributed by atoms with Gasteiger partial charge in [-0.15, -0.1) is 0 Å². The van der Waals surface area contributed by atoms with E-state index in [0.29, 0.717) is 0 Å². The van der Waals surface area contributed by atoms with Gasteiger partial charge in [-0.3, -0.25) is 0 Å². The summed E-state index contributed by atoms with van der Waals surface area (Å²) in [7, 11) is 0. The first kappa shape index (κ1) is 14.6. The summed E-state index contributed by atoms with van der Waals surface area (Å²) < 4.78 is 0. The fourth-order valence-electron chi connectivity index (χ4n) is 2.63. The van der Waals surface area contributed by atoms with Crippen LogP contribution in [0.4, 0.5) is 0 Å². The molecule has 0 nitrogen and oxygen atoms in total. The fourth-order valence-corrected chi connectivity index (χ4v) is 3.02. The molecule has 1 heteroatoms. The minimum absolute atomic E-state index is 1.16. The lowest BCUT2D eigenvalue weighted by Gasteiger charge is -2.06. The summed E-state index contributed by atoms with van der Waals surface area (Å²) in [6, 6.07) is 15.4. The van der Waals surface area contributed by atoms with E-state index in [1.54, 1.807) is 0 Å². The minimum atomic E-state index is 1.16. The Bertz CT molecular complexity index is 485. The molecule has 0 fully saturated rings. The molecule has 0 aliphatic rings. The number of hydrogen-bond acceptors (Lipinski definition) is 0. The highest BCUT2D eigenvalue weighted by atomic mass is 79.9. The number of hydrogen-bond donors (Lipinski definition) is 0. The third kappa shape index (κ3) is 4.65. The third-order valence-electron chi connectivity index (χ3n) is 3.71. The molecular weight excluding hydrogens is 296 g/mol. The van der Waals surface area contributed by atoms with Crippen LogP contribution in [-0.4, -0.2) is 5.33 Å². The zero-order valence-electron chi connectivity index (χ0n) is 11.6. The summed E-state index contributed by atoms with van der Waals surface area (Å²) in [5.74, 6) is 0. The van der Waals surface area contributed by atoms with Crippen LogP contribution in [0.25, 0.3) is 10.8 Å². The van der Waals surface area contributed by atoms with Crippen molar-refractivity contribution in [2.24, 2.45) is 0 Å². The average molecular weight is 319 g/mol. The first-order valence-electron chi connectivity index (χ1n) is 7.44. The Hall–Kier alpha value is -0.820. The molecule has 0 aliphatic carbocycles. The Balaban J connectivity index is 1.78. The standard InChI is InChI=1S/C18H23Br/c19-15-8-4-2-1-3-5-10-16-12-9-13-17-11-6-7-14-18(16)17/h6-7,9,11-14H,1-5,8,10,15H2. The molecule has 0 amide bonds. The van der Waals surface area contributed by atoms with Crippen LogP contribution in [0.5, 0.6) is 0 Å². The van der Waals surface area contributed by atoms with E-state index in [2.05, 4.69) is 58.4 Å². The first-order valence-corrected chi connectivity index (χ1v) is 8.56. The van der Waals surface area contributed by atoms with E-state index in [9.17, 15) is 0 Å². The predicted molar refractivity (Wildman–Crippen MR) is 89.1 cm³/mol. The van der Waals surface area contributed by atoms with E-state index >= 15 is 0 Å². The molecular formula is C18H23Br. The summed E-state index contributed by atoms with van der Waals surface area (Å²) in [4.78, 5) is 0. The van der Waals surface area contributed by atoms with Crippen molar-refractivity contribution in [3.63, 3.8) is 0 Å². The molecule has 0 unspecified atom stereocenters. The predicted octanol–water partition coefficient (Wildman–Crippen LogP) is 6.12. The van der Waals surface area contributed by atoms with Crippen LogP contribution >= 0.6 is 15.9 Å². The van der Waals surface area contributed by atoms with Crippen molar-refractivity contribution < 1.29 is 0 Å². The summed E-state index contributed by atoms with van der Waals surface area (Å²) in [5.41, 5.74) is 1.51. The van der Waals surface area contributed by atoms with Crippen molar-refractivity contribution in [3.8, 4) is 0 Å². The van der Waals surface area contributed by atoms with Crippen molar-refractivity contribution in [1.29, 1.82) is 0 Å². The number of fused-ring (bicyclic) bond motifs is 1. The number of aryl methyl sites for hydroxylation is 1. The molecule has 0 radical (unpaired) electrons. The van der Waals surface area contributed by atoms with Crippen LogP contribution < -0.4 is 0 Å². The van der Waals surface area contributed by atoms with E-state index in [4.69, 9.17) is 0 Å². The van der Waals surface area contributed by atoms with Gasteiger partial charge in [0.2, 0.25) is 0 Å². The van der Waals surface area contributed by atoms with Crippen LogP contribution in [0.3, 0.4) is 0 Å². The zero-order chi connectivity index (χ0) is 13.3. The van der Waals surface area contributed by atoms with Crippen LogP contribution in [0.15, 0.2) is 42.5 Å². The minimum Gasteiger partial charge on any atom is -0.0928 e. The van der Waals surface area contributed by atoms with Gasteiger partial charge in [0.25, 0.3) is 0 Å². The Morgan fingerprint density at radius 2 is 1.37 bits per heavy atom. The second kappa shape index (κ2) is 8.37. The van der Waals surface area contributed by atoms with Gasteiger partial charge >= 0.3 is 0 Å². The molecule has 19 heavy (non-hydrogen) atoms. The highest BCUT2D eigenvalue weighted by Crippen LogP contribution is 2.20. The summed E-state index contributed by atoms with van der Waals surface area (Å²) >= 11 is 3.49. The maximum absolute atomic E-state index is 3.49. The second-order valence-corrected chi connectivity index (χ2v) is 5.99. The van der Waals surface area contributed by atoms with E-state index in [-0.39, 0.29) is 0 Å². The van der Waals surface area contributed by atoms with Crippen LogP contribution in [0.1, 0.15) is 44.1 Å². The Morgan fingerprint density at radius 1 is 0.684 bits per heavy atom. The molecule has 0 aliphatic heterocycles. The summed E-state index contributed by atoms with van der Waals surface area (Å²) in [5, 5.41) is 3.96. The third-order valence-corrected chi connectivity index (χ3v) is 4.27. The molecule has 0 heterocycles. The van der Waals surface area contributed by atoms with Gasteiger partial charge in [-0.2, -0.15) is 0 Å². The number of halogens is 1. The molecule has 0 aromatic heterocycles. The van der Waals surface area contributed by atoms with Gasteiger partial charge in [0.15, 0.2) is 0 Å². The van der Waals surface area contributed by atoms with Crippen molar-refractivity contribution in [1.82, 2.24) is 0 Å². The van der Waals surface area contributed by atoms with Crippen molar-refractivity contribution in [3.05, 3.63) is 48.0 Å². The molecule has 2 aromatic carbocycles. The van der Waals surface area contributed by atoms with E-state index in [1.165, 1.54) is 61.3 Å².